The van der Waals surface area contributed by atoms with Gasteiger partial charge in [-0.15, -0.1) is 0 Å². The van der Waals surface area contributed by atoms with E-state index in [-0.39, 0.29) is 11.6 Å². The molecule has 0 bridgehead atoms. The summed E-state index contributed by atoms with van der Waals surface area (Å²) in [5, 5.41) is 0.648. The molecule has 0 unspecified atom stereocenters. The Bertz CT molecular complexity index is 1860. The third-order valence-electron chi connectivity index (χ3n) is 6.85. The van der Waals surface area contributed by atoms with E-state index in [1.807, 2.05) is 47.0 Å². The average Bonchev–Trinajstić information content (AvgIpc) is 3.23. The normalized spacial score (nSPS) is 16.2. The number of carbonyl (C=O) groups is 1. The van der Waals surface area contributed by atoms with E-state index in [0.717, 1.165) is 40.8 Å². The number of hydrogen-bond acceptors (Lipinski definition) is 6. The van der Waals surface area contributed by atoms with Gasteiger partial charge in [0.05, 0.1) is 27.0 Å². The molecule has 39 heavy (non-hydrogen) atoms. The fourth-order valence-electron chi connectivity index (χ4n) is 5.18. The highest BCUT2D eigenvalue weighted by molar-refractivity contribution is 14.1. The molecule has 1 aromatic heterocycles. The van der Waals surface area contributed by atoms with Crippen molar-refractivity contribution >= 4 is 63.3 Å². The minimum Gasteiger partial charge on any atom is -0.493 e. The van der Waals surface area contributed by atoms with Crippen molar-refractivity contribution in [1.29, 1.82) is 0 Å². The largest absolute Gasteiger partial charge is 0.493 e. The molecule has 3 aromatic carbocycles. The summed E-state index contributed by atoms with van der Waals surface area (Å²) in [5.74, 6) is 0.348. The minimum atomic E-state index is -0.431. The molecule has 0 spiro atoms. The Morgan fingerprint density at radius 1 is 1.15 bits per heavy atom. The predicted molar refractivity (Wildman–Crippen MR) is 161 cm³/mol. The van der Waals surface area contributed by atoms with Gasteiger partial charge in [0.1, 0.15) is 0 Å². The molecule has 2 heterocycles. The fraction of sp³-hybridized carbons (Fsp3) is 0.167. The number of benzene rings is 3. The summed E-state index contributed by atoms with van der Waals surface area (Å²) in [6.45, 7) is 1.35. The summed E-state index contributed by atoms with van der Waals surface area (Å²) >= 11 is 9.68. The zero-order chi connectivity index (χ0) is 27.3. The lowest BCUT2D eigenvalue weighted by Crippen LogP contribution is -2.38. The number of rotatable bonds is 4. The van der Waals surface area contributed by atoms with Gasteiger partial charge in [-0.3, -0.25) is 14.2 Å². The van der Waals surface area contributed by atoms with Crippen LogP contribution in [0.4, 0.5) is 0 Å². The van der Waals surface area contributed by atoms with Gasteiger partial charge in [0.15, 0.2) is 16.3 Å². The number of aromatic nitrogens is 1. The third kappa shape index (κ3) is 4.74. The Morgan fingerprint density at radius 3 is 2.67 bits per heavy atom. The second kappa shape index (κ2) is 10.4. The van der Waals surface area contributed by atoms with E-state index in [1.165, 1.54) is 30.9 Å². The minimum absolute atomic E-state index is 0.109. The first-order valence-corrected chi connectivity index (χ1v) is 14.6. The molecule has 196 valence electrons. The number of esters is 1. The molecule has 2 aliphatic rings. The maximum absolute atomic E-state index is 14.0. The number of hydrogen-bond donors (Lipinski definition) is 0. The van der Waals surface area contributed by atoms with Gasteiger partial charge in [0.2, 0.25) is 0 Å². The van der Waals surface area contributed by atoms with Crippen LogP contribution < -0.4 is 24.4 Å². The van der Waals surface area contributed by atoms with Crippen molar-refractivity contribution in [2.24, 2.45) is 4.99 Å². The predicted octanol–water partition coefficient (Wildman–Crippen LogP) is 5.51. The van der Waals surface area contributed by atoms with Crippen molar-refractivity contribution in [2.75, 3.05) is 7.11 Å². The van der Waals surface area contributed by atoms with Gasteiger partial charge in [-0.1, -0.05) is 59.3 Å². The van der Waals surface area contributed by atoms with Crippen LogP contribution in [-0.4, -0.2) is 17.6 Å². The number of allylic oxidation sites excluding steroid dienone is 1. The van der Waals surface area contributed by atoms with Gasteiger partial charge in [-0.2, -0.15) is 0 Å². The molecule has 0 saturated carbocycles. The third-order valence-corrected chi connectivity index (χ3v) is 8.89. The molecule has 0 saturated heterocycles. The summed E-state index contributed by atoms with van der Waals surface area (Å²) in [6, 6.07) is 19.4. The zero-order valence-electron chi connectivity index (χ0n) is 21.0. The van der Waals surface area contributed by atoms with Crippen LogP contribution in [0.25, 0.3) is 11.8 Å². The van der Waals surface area contributed by atoms with Gasteiger partial charge in [0, 0.05) is 17.5 Å². The number of aryl methyl sites for hydroxylation is 1. The fourth-order valence-corrected chi connectivity index (χ4v) is 7.05. The highest BCUT2D eigenvalue weighted by Crippen LogP contribution is 2.41. The van der Waals surface area contributed by atoms with Crippen molar-refractivity contribution in [1.82, 2.24) is 4.57 Å². The number of carbonyl (C=O) groups excluding carboxylic acids is 1. The lowest BCUT2D eigenvalue weighted by atomic mass is 9.83. The first kappa shape index (κ1) is 26.0. The standard InChI is InChI=1S/C30H22ClIN2O4S/c1-16(35)38-28-23(32)13-17(14-24(28)37-2)15-25-29(36)34-27(19-7-10-20(31)11-8-19)22-12-9-18-5-3-4-6-21(18)26(22)33-30(34)39-25/h3-8,10-11,13-15,27H,9,12H2,1-2H3/b25-15+/t27-/m0/s1. The first-order chi connectivity index (χ1) is 18.8. The maximum atomic E-state index is 14.0. The van der Waals surface area contributed by atoms with Crippen molar-refractivity contribution in [3.05, 3.63) is 117 Å². The molecule has 6 nitrogen and oxygen atoms in total. The van der Waals surface area contributed by atoms with Crippen LogP contribution in [0, 0.1) is 3.57 Å². The number of methoxy groups -OCH3 is 1. The average molecular weight is 669 g/mol. The van der Waals surface area contributed by atoms with Crippen LogP contribution in [-0.2, 0) is 11.2 Å². The maximum Gasteiger partial charge on any atom is 0.308 e. The lowest BCUT2D eigenvalue weighted by molar-refractivity contribution is -0.132. The molecule has 0 amide bonds. The van der Waals surface area contributed by atoms with E-state index in [2.05, 4.69) is 40.8 Å². The monoisotopic (exact) mass is 668 g/mol. The number of fused-ring (bicyclic) bond motifs is 3. The quantitative estimate of drug-likeness (QED) is 0.164. The van der Waals surface area contributed by atoms with Gasteiger partial charge < -0.3 is 9.47 Å². The Kier molecular flexibility index (Phi) is 6.95. The van der Waals surface area contributed by atoms with Crippen LogP contribution in [0.5, 0.6) is 11.5 Å². The Labute approximate surface area is 247 Å². The second-order valence-corrected chi connectivity index (χ2v) is 11.9. The molecule has 9 heteroatoms. The van der Waals surface area contributed by atoms with E-state index < -0.39 is 5.97 Å². The molecule has 4 aromatic rings. The molecular weight excluding hydrogens is 647 g/mol. The van der Waals surface area contributed by atoms with Crippen molar-refractivity contribution < 1.29 is 14.3 Å². The molecule has 1 atom stereocenters. The molecule has 0 radical (unpaired) electrons. The van der Waals surface area contributed by atoms with Crippen molar-refractivity contribution in [3.8, 4) is 11.5 Å². The van der Waals surface area contributed by atoms with Crippen LogP contribution in [0.1, 0.15) is 41.6 Å². The number of nitrogens with zero attached hydrogens (tertiary/aromatic N) is 2. The summed E-state index contributed by atoms with van der Waals surface area (Å²) in [7, 11) is 1.52. The number of halogens is 2. The summed E-state index contributed by atoms with van der Waals surface area (Å²) in [6.07, 6.45) is 3.55. The Hall–Kier alpha value is -3.21. The van der Waals surface area contributed by atoms with E-state index >= 15 is 0 Å². The smallest absolute Gasteiger partial charge is 0.308 e. The molecule has 1 aliphatic carbocycles. The molecule has 0 fully saturated rings. The molecule has 6 rings (SSSR count). The highest BCUT2D eigenvalue weighted by atomic mass is 127. The number of ether oxygens (including phenoxy) is 2. The molecular formula is C30H22ClIN2O4S. The van der Waals surface area contributed by atoms with Crippen LogP contribution in [0.15, 0.2) is 76.0 Å². The van der Waals surface area contributed by atoms with Gasteiger partial charge >= 0.3 is 5.97 Å². The van der Waals surface area contributed by atoms with Crippen LogP contribution >= 0.6 is 45.5 Å². The van der Waals surface area contributed by atoms with Gasteiger partial charge in [-0.25, -0.2) is 4.99 Å². The summed E-state index contributed by atoms with van der Waals surface area (Å²) in [4.78, 5) is 31.2. The molecule has 0 N–H and O–H groups in total. The summed E-state index contributed by atoms with van der Waals surface area (Å²) < 4.78 is 13.9. The summed E-state index contributed by atoms with van der Waals surface area (Å²) in [5.41, 5.74) is 6.12. The van der Waals surface area contributed by atoms with E-state index in [9.17, 15) is 9.59 Å². The van der Waals surface area contributed by atoms with E-state index in [1.54, 1.807) is 6.07 Å². The SMILES string of the molecule is COc1cc(/C=c2/sc3n(c2=O)[C@@H](c2ccc(Cl)cc2)C2=C(N=3)c3ccccc3CC2)cc(I)c1OC(C)=O. The molecule has 1 aliphatic heterocycles. The highest BCUT2D eigenvalue weighted by Gasteiger charge is 2.32. The van der Waals surface area contributed by atoms with Gasteiger partial charge in [0.25, 0.3) is 5.56 Å². The van der Waals surface area contributed by atoms with Crippen molar-refractivity contribution in [3.63, 3.8) is 0 Å². The number of thiazole rings is 1. The van der Waals surface area contributed by atoms with E-state index in [4.69, 9.17) is 26.1 Å². The Morgan fingerprint density at radius 2 is 1.92 bits per heavy atom. The Balaban J connectivity index is 1.56. The zero-order valence-corrected chi connectivity index (χ0v) is 24.8. The van der Waals surface area contributed by atoms with Gasteiger partial charge in [-0.05, 0) is 88.0 Å². The van der Waals surface area contributed by atoms with Crippen molar-refractivity contribution in [2.45, 2.75) is 25.8 Å². The first-order valence-electron chi connectivity index (χ1n) is 12.3. The topological polar surface area (TPSA) is 69.9 Å². The second-order valence-electron chi connectivity index (χ2n) is 9.29. The van der Waals surface area contributed by atoms with E-state index in [0.29, 0.717) is 29.4 Å². The van der Waals surface area contributed by atoms with Crippen LogP contribution in [0.3, 0.4) is 0 Å². The lowest BCUT2D eigenvalue weighted by Gasteiger charge is -2.30. The van der Waals surface area contributed by atoms with Crippen LogP contribution in [0.2, 0.25) is 5.02 Å².